The molecule has 2 atom stereocenters. The van der Waals surface area contributed by atoms with Crippen LogP contribution in [0, 0.1) is 10.1 Å². The third-order valence-corrected chi connectivity index (χ3v) is 6.20. The summed E-state index contributed by atoms with van der Waals surface area (Å²) in [5.41, 5.74) is 0.685. The van der Waals surface area contributed by atoms with Gasteiger partial charge in [0.15, 0.2) is 0 Å². The van der Waals surface area contributed by atoms with Gasteiger partial charge < -0.3 is 10.1 Å². The Bertz CT molecular complexity index is 939. The molecule has 2 heterocycles. The number of nitro groups is 1. The largest absolute Gasteiger partial charge is 0.378 e. The van der Waals surface area contributed by atoms with Gasteiger partial charge in [-0.1, -0.05) is 0 Å². The lowest BCUT2D eigenvalue weighted by Crippen LogP contribution is -2.49. The van der Waals surface area contributed by atoms with Crippen LogP contribution in [0.25, 0.3) is 10.9 Å². The number of nitro benzene ring substituents is 1. The number of morpholine rings is 1. The second-order valence-electron chi connectivity index (χ2n) is 6.61. The molecule has 2 aromatic rings. The van der Waals surface area contributed by atoms with E-state index in [0.29, 0.717) is 24.0 Å². The molecule has 0 saturated carbocycles. The highest BCUT2D eigenvalue weighted by atomic mass is 32.2. The SMILES string of the molecule is C[C@H]1CN(S(=O)(=O)CCNc2ccc3ncccc3c2[N+](=O)[O-])C[C@H](C)O1. The number of ether oxygens (including phenoxy) is 1. The van der Waals surface area contributed by atoms with E-state index in [-0.39, 0.29) is 35.9 Å². The minimum Gasteiger partial charge on any atom is -0.378 e. The molecule has 1 aromatic carbocycles. The van der Waals surface area contributed by atoms with Gasteiger partial charge in [0.05, 0.1) is 33.8 Å². The van der Waals surface area contributed by atoms with Crippen LogP contribution in [0.4, 0.5) is 11.4 Å². The number of hydrogen-bond donors (Lipinski definition) is 1. The van der Waals surface area contributed by atoms with Gasteiger partial charge >= 0.3 is 5.69 Å². The number of benzene rings is 1. The van der Waals surface area contributed by atoms with Crippen molar-refractivity contribution in [2.24, 2.45) is 0 Å². The van der Waals surface area contributed by atoms with Gasteiger partial charge in [-0.25, -0.2) is 8.42 Å². The molecule has 0 radical (unpaired) electrons. The smallest absolute Gasteiger partial charge is 0.301 e. The van der Waals surface area contributed by atoms with Crippen molar-refractivity contribution in [1.29, 1.82) is 0 Å². The summed E-state index contributed by atoms with van der Waals surface area (Å²) in [6.07, 6.45) is 1.24. The zero-order valence-corrected chi connectivity index (χ0v) is 16.0. The Morgan fingerprint density at radius 2 is 2.00 bits per heavy atom. The van der Waals surface area contributed by atoms with Gasteiger partial charge in [0.1, 0.15) is 5.69 Å². The van der Waals surface area contributed by atoms with Crippen molar-refractivity contribution in [2.75, 3.05) is 30.7 Å². The number of sulfonamides is 1. The Hall–Kier alpha value is -2.30. The first-order chi connectivity index (χ1) is 12.8. The first kappa shape index (κ1) is 19.5. The van der Waals surface area contributed by atoms with Crippen LogP contribution >= 0.6 is 0 Å². The van der Waals surface area contributed by atoms with E-state index in [2.05, 4.69) is 10.3 Å². The molecule has 1 aliphatic rings. The molecule has 1 aliphatic heterocycles. The molecular weight excluding hydrogens is 372 g/mol. The van der Waals surface area contributed by atoms with Crippen molar-refractivity contribution in [3.8, 4) is 0 Å². The van der Waals surface area contributed by atoms with Gasteiger partial charge in [-0.15, -0.1) is 0 Å². The number of pyridine rings is 1. The number of nitrogens with zero attached hydrogens (tertiary/aromatic N) is 3. The van der Waals surface area contributed by atoms with Gasteiger partial charge in [0.2, 0.25) is 10.0 Å². The highest BCUT2D eigenvalue weighted by Crippen LogP contribution is 2.32. The quantitative estimate of drug-likeness (QED) is 0.588. The van der Waals surface area contributed by atoms with E-state index in [4.69, 9.17) is 4.74 Å². The summed E-state index contributed by atoms with van der Waals surface area (Å²) in [6, 6.07) is 6.48. The molecule has 0 bridgehead atoms. The lowest BCUT2D eigenvalue weighted by Gasteiger charge is -2.34. The van der Waals surface area contributed by atoms with Gasteiger partial charge in [-0.05, 0) is 38.1 Å². The molecule has 27 heavy (non-hydrogen) atoms. The highest BCUT2D eigenvalue weighted by Gasteiger charge is 2.30. The third kappa shape index (κ3) is 4.34. The lowest BCUT2D eigenvalue weighted by molar-refractivity contribution is -0.382. The third-order valence-electron chi connectivity index (χ3n) is 4.39. The summed E-state index contributed by atoms with van der Waals surface area (Å²) in [5.74, 6) is -0.158. The number of nitrogens with one attached hydrogen (secondary N) is 1. The molecule has 1 N–H and O–H groups in total. The number of fused-ring (bicyclic) bond motifs is 1. The Morgan fingerprint density at radius 1 is 1.30 bits per heavy atom. The van der Waals surface area contributed by atoms with E-state index in [9.17, 15) is 18.5 Å². The molecule has 1 saturated heterocycles. The van der Waals surface area contributed by atoms with Gasteiger partial charge in [-0.2, -0.15) is 4.31 Å². The fraction of sp³-hybridized carbons (Fsp3) is 0.471. The maximum atomic E-state index is 12.6. The molecule has 3 rings (SSSR count). The predicted octanol–water partition coefficient (Wildman–Crippen LogP) is 1.99. The van der Waals surface area contributed by atoms with Crippen molar-refractivity contribution in [1.82, 2.24) is 9.29 Å². The van der Waals surface area contributed by atoms with E-state index < -0.39 is 14.9 Å². The number of anilines is 1. The second-order valence-corrected chi connectivity index (χ2v) is 8.69. The first-order valence-corrected chi connectivity index (χ1v) is 10.3. The lowest BCUT2D eigenvalue weighted by atomic mass is 10.1. The van der Waals surface area contributed by atoms with Crippen LogP contribution in [0.5, 0.6) is 0 Å². The maximum Gasteiger partial charge on any atom is 0.301 e. The van der Waals surface area contributed by atoms with E-state index in [1.54, 1.807) is 30.5 Å². The molecule has 1 fully saturated rings. The number of hydrogen-bond acceptors (Lipinski definition) is 7. The van der Waals surface area contributed by atoms with Crippen molar-refractivity contribution in [3.63, 3.8) is 0 Å². The summed E-state index contributed by atoms with van der Waals surface area (Å²) < 4.78 is 32.2. The van der Waals surface area contributed by atoms with Crippen molar-refractivity contribution in [3.05, 3.63) is 40.6 Å². The summed E-state index contributed by atoms with van der Waals surface area (Å²) in [4.78, 5) is 15.1. The van der Waals surface area contributed by atoms with Crippen LogP contribution in [-0.2, 0) is 14.8 Å². The van der Waals surface area contributed by atoms with Crippen LogP contribution < -0.4 is 5.32 Å². The average molecular weight is 394 g/mol. The van der Waals surface area contributed by atoms with Crippen LogP contribution in [0.1, 0.15) is 13.8 Å². The van der Waals surface area contributed by atoms with E-state index in [1.807, 2.05) is 13.8 Å². The monoisotopic (exact) mass is 394 g/mol. The normalized spacial score (nSPS) is 21.3. The molecule has 0 aliphatic carbocycles. The van der Waals surface area contributed by atoms with Gasteiger partial charge in [0.25, 0.3) is 0 Å². The Labute approximate surface area is 157 Å². The van der Waals surface area contributed by atoms with Crippen LogP contribution in [0.15, 0.2) is 30.5 Å². The van der Waals surface area contributed by atoms with Crippen molar-refractivity contribution < 1.29 is 18.1 Å². The summed E-state index contributed by atoms with van der Waals surface area (Å²) in [7, 11) is -3.49. The topological polar surface area (TPSA) is 115 Å². The molecule has 10 heteroatoms. The molecular formula is C17H22N4O5S. The number of rotatable bonds is 6. The molecule has 0 unspecified atom stereocenters. The Balaban J connectivity index is 1.73. The van der Waals surface area contributed by atoms with E-state index in [0.717, 1.165) is 0 Å². The Morgan fingerprint density at radius 3 is 2.67 bits per heavy atom. The van der Waals surface area contributed by atoms with Gasteiger partial charge in [-0.3, -0.25) is 15.1 Å². The summed E-state index contributed by atoms with van der Waals surface area (Å²) in [6.45, 7) is 4.36. The maximum absolute atomic E-state index is 12.6. The molecule has 9 nitrogen and oxygen atoms in total. The summed E-state index contributed by atoms with van der Waals surface area (Å²) >= 11 is 0. The fourth-order valence-corrected chi connectivity index (χ4v) is 4.77. The predicted molar refractivity (Wildman–Crippen MR) is 102 cm³/mol. The minimum atomic E-state index is -3.49. The molecule has 146 valence electrons. The molecule has 1 aromatic heterocycles. The van der Waals surface area contributed by atoms with E-state index >= 15 is 0 Å². The van der Waals surface area contributed by atoms with Crippen LogP contribution in [0.2, 0.25) is 0 Å². The zero-order valence-electron chi connectivity index (χ0n) is 15.2. The number of aromatic nitrogens is 1. The standard InChI is InChI=1S/C17H22N4O5S/c1-12-10-20(11-13(2)26-12)27(24,25)9-8-19-16-6-5-15-14(4-3-7-18-15)17(16)21(22)23/h3-7,12-13,19H,8-11H2,1-2H3/t12-,13-/m0/s1. The fourth-order valence-electron chi connectivity index (χ4n) is 3.28. The van der Waals surface area contributed by atoms with Crippen LogP contribution in [-0.4, -0.2) is 60.2 Å². The Kier molecular flexibility index (Phi) is 5.59. The van der Waals surface area contributed by atoms with E-state index in [1.165, 1.54) is 4.31 Å². The van der Waals surface area contributed by atoms with Crippen molar-refractivity contribution in [2.45, 2.75) is 26.1 Å². The van der Waals surface area contributed by atoms with Crippen LogP contribution in [0.3, 0.4) is 0 Å². The van der Waals surface area contributed by atoms with Gasteiger partial charge in [0, 0.05) is 25.8 Å². The minimum absolute atomic E-state index is 0.0645. The summed E-state index contributed by atoms with van der Waals surface area (Å²) in [5, 5.41) is 14.8. The second kappa shape index (κ2) is 7.75. The van der Waals surface area contributed by atoms with Crippen molar-refractivity contribution >= 4 is 32.3 Å². The zero-order chi connectivity index (χ0) is 19.6. The molecule has 0 spiro atoms. The molecule has 0 amide bonds. The highest BCUT2D eigenvalue weighted by molar-refractivity contribution is 7.89. The first-order valence-electron chi connectivity index (χ1n) is 8.67. The average Bonchev–Trinajstić information content (AvgIpc) is 2.60.